The molecule has 2 aromatic heterocycles. The van der Waals surface area contributed by atoms with Crippen LogP contribution in [0.4, 0.5) is 24.5 Å². The molecule has 1 unspecified atom stereocenters. The van der Waals surface area contributed by atoms with Crippen LogP contribution in [0.15, 0.2) is 85.3 Å². The van der Waals surface area contributed by atoms with Gasteiger partial charge in [-0.25, -0.2) is 18.2 Å². The van der Waals surface area contributed by atoms with Crippen LogP contribution in [-0.4, -0.2) is 114 Å². The van der Waals surface area contributed by atoms with E-state index in [-0.39, 0.29) is 43.0 Å². The van der Waals surface area contributed by atoms with Crippen LogP contribution in [0.3, 0.4) is 0 Å². The number of amides is 2. The summed E-state index contributed by atoms with van der Waals surface area (Å²) in [6, 6.07) is 16.4. The molecule has 1 saturated carbocycles. The van der Waals surface area contributed by atoms with Gasteiger partial charge in [-0.3, -0.25) is 24.0 Å². The standard InChI is InChI=1S/C47H47F3N8O6S/c1-27-2-11-41(46(60)53-27)58-25-31-20-33(5-8-36(31)47(58)61)56-16-14-55(15-17-56)24-28-18-35(19-28)64-34-6-3-29(4-7-34)30-21-37-38(23-52-45(37)51-22-30)44(59)42-39(49)9-10-40(43(42)50)54-65(62,63)57-13-12-32(48)26-57/h3-10,20-23,28,32,35,41,54H,1-2,11-19,24-26H2,(H,51,52)(H,53,60)/t28?,32-,35?,41?/m1/s1. The summed E-state index contributed by atoms with van der Waals surface area (Å²) >= 11 is 0. The van der Waals surface area contributed by atoms with E-state index in [4.69, 9.17) is 4.74 Å². The van der Waals surface area contributed by atoms with Crippen molar-refractivity contribution in [3.8, 4) is 16.9 Å². The lowest BCUT2D eigenvalue weighted by Crippen LogP contribution is -2.50. The number of piperidine rings is 1. The normalized spacial score (nSPS) is 22.8. The smallest absolute Gasteiger partial charge is 0.301 e. The van der Waals surface area contributed by atoms with Crippen molar-refractivity contribution >= 4 is 50.2 Å². The van der Waals surface area contributed by atoms with Crippen molar-refractivity contribution in [1.29, 1.82) is 0 Å². The average Bonchev–Trinajstić information content (AvgIpc) is 4.01. The van der Waals surface area contributed by atoms with Gasteiger partial charge in [-0.1, -0.05) is 18.7 Å². The lowest BCUT2D eigenvalue weighted by atomic mass is 9.81. The van der Waals surface area contributed by atoms with Gasteiger partial charge in [0.1, 0.15) is 29.4 Å². The van der Waals surface area contributed by atoms with Crippen LogP contribution in [0.1, 0.15) is 63.9 Å². The molecule has 0 bridgehead atoms. The van der Waals surface area contributed by atoms with Crippen LogP contribution in [0.2, 0.25) is 0 Å². The minimum absolute atomic E-state index is 0.00261. The molecule has 0 radical (unpaired) electrons. The van der Waals surface area contributed by atoms with Gasteiger partial charge in [0.05, 0.1) is 17.4 Å². The minimum Gasteiger partial charge on any atom is -0.490 e. The highest BCUT2D eigenvalue weighted by molar-refractivity contribution is 7.90. The second kappa shape index (κ2) is 17.0. The molecule has 4 fully saturated rings. The molecule has 4 aliphatic heterocycles. The third-order valence-corrected chi connectivity index (χ3v) is 14.8. The number of pyridine rings is 1. The first kappa shape index (κ1) is 42.7. The summed E-state index contributed by atoms with van der Waals surface area (Å²) in [4.78, 5) is 53.4. The van der Waals surface area contributed by atoms with E-state index in [1.165, 1.54) is 6.20 Å². The van der Waals surface area contributed by atoms with Crippen molar-refractivity contribution in [2.45, 2.75) is 57.0 Å². The van der Waals surface area contributed by atoms with E-state index >= 15 is 8.78 Å². The first-order chi connectivity index (χ1) is 31.3. The van der Waals surface area contributed by atoms with Gasteiger partial charge >= 0.3 is 10.2 Å². The third-order valence-electron chi connectivity index (χ3n) is 13.3. The maximum absolute atomic E-state index is 15.7. The molecule has 3 aromatic carbocycles. The number of hydrogen-bond donors (Lipinski definition) is 3. The summed E-state index contributed by atoms with van der Waals surface area (Å²) in [5.74, 6) is -2.57. The van der Waals surface area contributed by atoms with E-state index in [9.17, 15) is 27.2 Å². The number of halogens is 3. The molecule has 3 saturated heterocycles. The number of aromatic nitrogens is 2. The number of carbonyl (C=O) groups is 3. The van der Waals surface area contributed by atoms with Crippen molar-refractivity contribution in [2.24, 2.45) is 5.92 Å². The van der Waals surface area contributed by atoms with Gasteiger partial charge in [0.15, 0.2) is 5.82 Å². The molecule has 0 spiro atoms. The number of nitrogens with zero attached hydrogens (tertiary/aromatic N) is 5. The quantitative estimate of drug-likeness (QED) is 0.125. The molecule has 6 heterocycles. The topological polar surface area (TPSA) is 160 Å². The minimum atomic E-state index is -4.36. The zero-order chi connectivity index (χ0) is 45.1. The first-order valence-electron chi connectivity index (χ1n) is 21.9. The molecule has 14 nitrogen and oxygen atoms in total. The molecule has 10 rings (SSSR count). The Bertz CT molecular complexity index is 2840. The number of rotatable bonds is 12. The fourth-order valence-electron chi connectivity index (χ4n) is 9.66. The Morgan fingerprint density at radius 2 is 1.74 bits per heavy atom. The predicted molar refractivity (Wildman–Crippen MR) is 237 cm³/mol. The van der Waals surface area contributed by atoms with Crippen LogP contribution in [0, 0.1) is 17.6 Å². The number of alkyl halides is 1. The average molecular weight is 909 g/mol. The highest BCUT2D eigenvalue weighted by atomic mass is 32.2. The Morgan fingerprint density at radius 3 is 2.48 bits per heavy atom. The number of nitrogens with one attached hydrogen (secondary N) is 3. The number of anilines is 2. The van der Waals surface area contributed by atoms with Crippen molar-refractivity contribution in [2.75, 3.05) is 55.4 Å². The summed E-state index contributed by atoms with van der Waals surface area (Å²) in [7, 11) is -4.36. The Hall–Kier alpha value is -6.24. The van der Waals surface area contributed by atoms with Crippen molar-refractivity contribution < 1.29 is 40.7 Å². The molecule has 2 amide bonds. The molecular formula is C47H47F3N8O6S. The SMILES string of the molecule is C=C1CCC(N2Cc3cc(N4CCN(CC5CC(Oc6ccc(-c7cnc8[nH]cc(C(=O)c9c(F)ccc(NS(=O)(=O)N%10CC[C@@H](F)C%10)c9F)c8c7)cc6)C5)CC4)ccc3C2=O)C(=O)N1. The monoisotopic (exact) mass is 908 g/mol. The number of H-pyrrole nitrogens is 1. The zero-order valence-electron chi connectivity index (χ0n) is 35.4. The van der Waals surface area contributed by atoms with Gasteiger partial charge in [0.2, 0.25) is 11.7 Å². The summed E-state index contributed by atoms with van der Waals surface area (Å²) in [6.07, 6.45) is 4.83. The maximum atomic E-state index is 15.7. The number of piperazine rings is 1. The fraction of sp³-hybridized carbons (Fsp3) is 0.362. The molecule has 65 heavy (non-hydrogen) atoms. The number of aromatic amines is 1. The predicted octanol–water partition coefficient (Wildman–Crippen LogP) is 6.17. The maximum Gasteiger partial charge on any atom is 0.301 e. The number of ether oxygens (including phenoxy) is 1. The highest BCUT2D eigenvalue weighted by Crippen LogP contribution is 2.36. The van der Waals surface area contributed by atoms with E-state index in [1.807, 2.05) is 41.1 Å². The van der Waals surface area contributed by atoms with Gasteiger partial charge < -0.3 is 24.8 Å². The molecule has 338 valence electrons. The second-order valence-electron chi connectivity index (χ2n) is 17.6. The molecule has 2 atom stereocenters. The lowest BCUT2D eigenvalue weighted by Gasteiger charge is -2.42. The summed E-state index contributed by atoms with van der Waals surface area (Å²) in [6.45, 7) is 8.44. The summed E-state index contributed by atoms with van der Waals surface area (Å²) in [5.41, 5.74) is 3.54. The molecule has 18 heteroatoms. The van der Waals surface area contributed by atoms with Crippen LogP contribution >= 0.6 is 0 Å². The van der Waals surface area contributed by atoms with Gasteiger partial charge in [-0.15, -0.1) is 0 Å². The van der Waals surface area contributed by atoms with Gasteiger partial charge in [0, 0.05) is 98.2 Å². The zero-order valence-corrected chi connectivity index (χ0v) is 36.2. The van der Waals surface area contributed by atoms with E-state index in [0.29, 0.717) is 53.2 Å². The number of carbonyl (C=O) groups excluding carboxylic acids is 3. The number of benzene rings is 3. The van der Waals surface area contributed by atoms with Gasteiger partial charge in [0.25, 0.3) is 5.91 Å². The van der Waals surface area contributed by atoms with E-state index < -0.39 is 51.1 Å². The van der Waals surface area contributed by atoms with Gasteiger partial charge in [-0.2, -0.15) is 12.7 Å². The lowest BCUT2D eigenvalue weighted by molar-refractivity contribution is -0.126. The Kier molecular flexibility index (Phi) is 11.1. The number of allylic oxidation sites excluding steroid dienone is 1. The first-order valence-corrected chi connectivity index (χ1v) is 23.3. The van der Waals surface area contributed by atoms with Crippen LogP contribution in [0.5, 0.6) is 5.75 Å². The van der Waals surface area contributed by atoms with Crippen molar-refractivity contribution in [3.05, 3.63) is 119 Å². The van der Waals surface area contributed by atoms with Crippen molar-refractivity contribution in [3.63, 3.8) is 0 Å². The highest BCUT2D eigenvalue weighted by Gasteiger charge is 2.39. The second-order valence-corrected chi connectivity index (χ2v) is 19.3. The van der Waals surface area contributed by atoms with E-state index in [0.717, 1.165) is 84.6 Å². The van der Waals surface area contributed by atoms with Crippen LogP contribution in [0.25, 0.3) is 22.2 Å². The fourth-order valence-corrected chi connectivity index (χ4v) is 10.9. The summed E-state index contributed by atoms with van der Waals surface area (Å²) < 4.78 is 79.3. The Balaban J connectivity index is 0.716. The number of fused-ring (bicyclic) bond motifs is 2. The van der Waals surface area contributed by atoms with E-state index in [2.05, 4.69) is 37.7 Å². The molecule has 5 aromatic rings. The van der Waals surface area contributed by atoms with Crippen molar-refractivity contribution in [1.82, 2.24) is 29.4 Å². The Labute approximate surface area is 373 Å². The molecule has 3 N–H and O–H groups in total. The van der Waals surface area contributed by atoms with Crippen LogP contribution in [-0.2, 0) is 21.5 Å². The number of ketones is 1. The van der Waals surface area contributed by atoms with Gasteiger partial charge in [-0.05, 0) is 97.7 Å². The molecule has 5 aliphatic rings. The summed E-state index contributed by atoms with van der Waals surface area (Å²) in [5, 5.41) is 3.11. The molecular weight excluding hydrogens is 862 g/mol. The largest absolute Gasteiger partial charge is 0.490 e. The number of hydrogen-bond acceptors (Lipinski definition) is 9. The third kappa shape index (κ3) is 8.34. The van der Waals surface area contributed by atoms with E-state index in [1.54, 1.807) is 17.2 Å². The van der Waals surface area contributed by atoms with Crippen LogP contribution < -0.4 is 19.7 Å². The Morgan fingerprint density at radius 1 is 0.954 bits per heavy atom. The molecule has 1 aliphatic carbocycles.